The molecule has 0 aliphatic rings. The highest BCUT2D eigenvalue weighted by Gasteiger charge is 2.13. The van der Waals surface area contributed by atoms with Crippen molar-refractivity contribution < 1.29 is 8.42 Å². The van der Waals surface area contributed by atoms with Crippen LogP contribution in [-0.2, 0) is 10.0 Å². The Kier molecular flexibility index (Phi) is 3.97. The monoisotopic (exact) mass is 363 g/mol. The molecule has 0 saturated carbocycles. The smallest absolute Gasteiger partial charge is 0.261 e. The summed E-state index contributed by atoms with van der Waals surface area (Å²) in [6.45, 7) is 2.02. The van der Waals surface area contributed by atoms with Crippen molar-refractivity contribution in [2.75, 3.05) is 4.72 Å². The molecule has 26 heavy (non-hydrogen) atoms. The number of anilines is 1. The number of nitrogens with zero attached hydrogens (tertiary/aromatic N) is 2. The lowest BCUT2D eigenvalue weighted by atomic mass is 10.1. The Morgan fingerprint density at radius 2 is 1.65 bits per heavy atom. The summed E-state index contributed by atoms with van der Waals surface area (Å²) in [6, 6.07) is 19.5. The molecule has 1 N–H and O–H groups in total. The van der Waals surface area contributed by atoms with Gasteiger partial charge in [-0.15, -0.1) is 0 Å². The van der Waals surface area contributed by atoms with E-state index in [9.17, 15) is 8.42 Å². The third kappa shape index (κ3) is 3.07. The van der Waals surface area contributed by atoms with Crippen molar-refractivity contribution in [3.63, 3.8) is 0 Å². The van der Waals surface area contributed by atoms with Crippen molar-refractivity contribution in [2.45, 2.75) is 11.8 Å². The molecule has 2 aromatic heterocycles. The molecule has 0 radical (unpaired) electrons. The van der Waals surface area contributed by atoms with E-state index < -0.39 is 10.0 Å². The first-order chi connectivity index (χ1) is 12.5. The zero-order chi connectivity index (χ0) is 18.1. The molecular weight excluding hydrogens is 346 g/mol. The Morgan fingerprint density at radius 3 is 2.35 bits per heavy atom. The second kappa shape index (κ2) is 6.31. The number of benzene rings is 2. The minimum Gasteiger partial charge on any atom is -0.306 e. The molecule has 0 spiro atoms. The van der Waals surface area contributed by atoms with Gasteiger partial charge in [-0.1, -0.05) is 36.4 Å². The molecule has 0 saturated heterocycles. The number of sulfonamides is 1. The fourth-order valence-corrected chi connectivity index (χ4v) is 3.90. The molecule has 2 aromatic carbocycles. The highest BCUT2D eigenvalue weighted by atomic mass is 32.2. The Hall–Kier alpha value is -3.12. The molecule has 0 fully saturated rings. The summed E-state index contributed by atoms with van der Waals surface area (Å²) in [6.07, 6.45) is 3.92. The summed E-state index contributed by atoms with van der Waals surface area (Å²) in [5.74, 6) is 0. The van der Waals surface area contributed by atoms with Gasteiger partial charge in [-0.3, -0.25) is 4.72 Å². The molecule has 2 heterocycles. The van der Waals surface area contributed by atoms with E-state index in [0.717, 1.165) is 22.5 Å². The fourth-order valence-electron chi connectivity index (χ4n) is 2.82. The number of imidazole rings is 1. The Bertz CT molecular complexity index is 1160. The summed E-state index contributed by atoms with van der Waals surface area (Å²) in [7, 11) is -3.59. The lowest BCUT2D eigenvalue weighted by Gasteiger charge is -2.08. The molecule has 0 amide bonds. The first-order valence-corrected chi connectivity index (χ1v) is 9.64. The molecule has 0 unspecified atom stereocenters. The van der Waals surface area contributed by atoms with Crippen LogP contribution < -0.4 is 4.72 Å². The van der Waals surface area contributed by atoms with Crippen molar-refractivity contribution in [2.24, 2.45) is 0 Å². The van der Waals surface area contributed by atoms with E-state index in [-0.39, 0.29) is 4.90 Å². The van der Waals surface area contributed by atoms with E-state index in [1.165, 1.54) is 0 Å². The number of aryl methyl sites for hydroxylation is 1. The molecule has 6 heteroatoms. The van der Waals surface area contributed by atoms with Crippen LogP contribution >= 0.6 is 0 Å². The summed E-state index contributed by atoms with van der Waals surface area (Å²) >= 11 is 0. The van der Waals surface area contributed by atoms with Gasteiger partial charge in [-0.25, -0.2) is 13.4 Å². The molecule has 0 aliphatic heterocycles. The van der Waals surface area contributed by atoms with Gasteiger partial charge in [0.05, 0.1) is 10.6 Å². The van der Waals surface area contributed by atoms with E-state index in [2.05, 4.69) is 9.71 Å². The largest absolute Gasteiger partial charge is 0.306 e. The lowest BCUT2D eigenvalue weighted by molar-refractivity contribution is 0.601. The molecular formula is C20H17N3O2S. The maximum atomic E-state index is 12.4. The maximum absolute atomic E-state index is 12.4. The number of pyridine rings is 1. The van der Waals surface area contributed by atoms with Gasteiger partial charge in [0.2, 0.25) is 0 Å². The summed E-state index contributed by atoms with van der Waals surface area (Å²) < 4.78 is 29.3. The number of hydrogen-bond donors (Lipinski definition) is 1. The van der Waals surface area contributed by atoms with Gasteiger partial charge in [-0.05, 0) is 42.8 Å². The first-order valence-electron chi connectivity index (χ1n) is 8.15. The number of nitrogens with one attached hydrogen (secondary N) is 1. The molecule has 130 valence electrons. The van der Waals surface area contributed by atoms with Gasteiger partial charge in [0.15, 0.2) is 0 Å². The van der Waals surface area contributed by atoms with Crippen LogP contribution in [0.2, 0.25) is 0 Å². The minimum absolute atomic E-state index is 0.236. The zero-order valence-corrected chi connectivity index (χ0v) is 14.9. The van der Waals surface area contributed by atoms with Crippen LogP contribution in [0.4, 0.5) is 5.69 Å². The lowest BCUT2D eigenvalue weighted by Crippen LogP contribution is -2.12. The Labute approximate surface area is 152 Å². The average molecular weight is 363 g/mol. The SMILES string of the molecule is Cc1cccn2cc(-c3ccc(NS(=O)(=O)c4ccccc4)cc3)nc12. The van der Waals surface area contributed by atoms with Crippen LogP contribution in [0.25, 0.3) is 16.9 Å². The van der Waals surface area contributed by atoms with Crippen LogP contribution in [0, 0.1) is 6.92 Å². The Balaban J connectivity index is 1.61. The standard InChI is InChI=1S/C20H17N3O2S/c1-15-6-5-13-23-14-19(21-20(15)23)16-9-11-17(12-10-16)22-26(24,25)18-7-3-2-4-8-18/h2-14,22H,1H3. The van der Waals surface area contributed by atoms with Gasteiger partial charge in [0.25, 0.3) is 10.0 Å². The van der Waals surface area contributed by atoms with Gasteiger partial charge in [0.1, 0.15) is 5.65 Å². The quantitative estimate of drug-likeness (QED) is 0.593. The van der Waals surface area contributed by atoms with Crippen molar-refractivity contribution in [3.05, 3.63) is 84.7 Å². The van der Waals surface area contributed by atoms with Crippen molar-refractivity contribution in [1.29, 1.82) is 0 Å². The number of hydrogen-bond acceptors (Lipinski definition) is 3. The normalized spacial score (nSPS) is 11.6. The molecule has 4 aromatic rings. The third-order valence-electron chi connectivity index (χ3n) is 4.16. The zero-order valence-electron chi connectivity index (χ0n) is 14.1. The van der Waals surface area contributed by atoms with Crippen LogP contribution in [-0.4, -0.2) is 17.8 Å². The predicted octanol–water partition coefficient (Wildman–Crippen LogP) is 4.11. The van der Waals surface area contributed by atoms with E-state index in [4.69, 9.17) is 0 Å². The molecule has 5 nitrogen and oxygen atoms in total. The van der Waals surface area contributed by atoms with E-state index in [1.54, 1.807) is 42.5 Å². The molecule has 4 rings (SSSR count). The van der Waals surface area contributed by atoms with Crippen LogP contribution in [0.3, 0.4) is 0 Å². The number of aromatic nitrogens is 2. The van der Waals surface area contributed by atoms with Gasteiger partial charge in [-0.2, -0.15) is 0 Å². The van der Waals surface area contributed by atoms with Crippen molar-refractivity contribution >= 4 is 21.4 Å². The van der Waals surface area contributed by atoms with Gasteiger partial charge < -0.3 is 4.40 Å². The van der Waals surface area contributed by atoms with Gasteiger partial charge >= 0.3 is 0 Å². The number of fused-ring (bicyclic) bond motifs is 1. The van der Waals surface area contributed by atoms with E-state index >= 15 is 0 Å². The second-order valence-electron chi connectivity index (χ2n) is 6.04. The summed E-state index contributed by atoms with van der Waals surface area (Å²) in [5.41, 5.74) is 4.30. The van der Waals surface area contributed by atoms with Crippen LogP contribution in [0.1, 0.15) is 5.56 Å². The van der Waals surface area contributed by atoms with Crippen LogP contribution in [0.15, 0.2) is 84.0 Å². The second-order valence-corrected chi connectivity index (χ2v) is 7.73. The highest BCUT2D eigenvalue weighted by Crippen LogP contribution is 2.23. The summed E-state index contributed by atoms with van der Waals surface area (Å²) in [5, 5.41) is 0. The third-order valence-corrected chi connectivity index (χ3v) is 5.56. The van der Waals surface area contributed by atoms with E-state index in [0.29, 0.717) is 5.69 Å². The Morgan fingerprint density at radius 1 is 0.923 bits per heavy atom. The van der Waals surface area contributed by atoms with Crippen LogP contribution in [0.5, 0.6) is 0 Å². The van der Waals surface area contributed by atoms with Crippen molar-refractivity contribution in [3.8, 4) is 11.3 Å². The average Bonchev–Trinajstić information content (AvgIpc) is 3.08. The summed E-state index contributed by atoms with van der Waals surface area (Å²) in [4.78, 5) is 4.89. The van der Waals surface area contributed by atoms with E-state index in [1.807, 2.05) is 48.0 Å². The topological polar surface area (TPSA) is 63.5 Å². The minimum atomic E-state index is -3.59. The highest BCUT2D eigenvalue weighted by molar-refractivity contribution is 7.92. The van der Waals surface area contributed by atoms with Crippen molar-refractivity contribution in [1.82, 2.24) is 9.38 Å². The predicted molar refractivity (Wildman–Crippen MR) is 103 cm³/mol. The molecule has 0 atom stereocenters. The maximum Gasteiger partial charge on any atom is 0.261 e. The molecule has 0 bridgehead atoms. The molecule has 0 aliphatic carbocycles. The van der Waals surface area contributed by atoms with Gasteiger partial charge in [0, 0.05) is 23.6 Å². The fraction of sp³-hybridized carbons (Fsp3) is 0.0500. The first kappa shape index (κ1) is 16.4. The number of rotatable bonds is 4.